The molecule has 2 N–H and O–H groups in total. The van der Waals surface area contributed by atoms with Gasteiger partial charge in [0.05, 0.1) is 0 Å². The van der Waals surface area contributed by atoms with Gasteiger partial charge in [0.2, 0.25) is 0 Å². The van der Waals surface area contributed by atoms with Gasteiger partial charge >= 0.3 is 0 Å². The molecular formula is C12H25N3. The molecule has 0 amide bonds. The third-order valence-corrected chi connectivity index (χ3v) is 3.96. The number of hydrogen-bond acceptors (Lipinski definition) is 3. The summed E-state index contributed by atoms with van der Waals surface area (Å²) in [4.78, 5) is 5.15. The molecule has 88 valence electrons. The molecule has 0 aromatic rings. The van der Waals surface area contributed by atoms with Crippen LogP contribution in [0.5, 0.6) is 0 Å². The molecule has 1 heterocycles. The van der Waals surface area contributed by atoms with Crippen LogP contribution < -0.4 is 5.73 Å². The van der Waals surface area contributed by atoms with Crippen molar-refractivity contribution in [3.63, 3.8) is 0 Å². The molecule has 1 saturated heterocycles. The summed E-state index contributed by atoms with van der Waals surface area (Å²) in [5, 5.41) is 0. The zero-order valence-electron chi connectivity index (χ0n) is 10.2. The van der Waals surface area contributed by atoms with E-state index in [0.717, 1.165) is 12.6 Å². The summed E-state index contributed by atoms with van der Waals surface area (Å²) >= 11 is 0. The standard InChI is InChI=1S/C12H25N3/c1-3-7-15(11-4-5-11)12(9-13)6-8-14(2)10-12/h11H,3-10,13H2,1-2H3. The van der Waals surface area contributed by atoms with Gasteiger partial charge in [-0.15, -0.1) is 0 Å². The SMILES string of the molecule is CCCN(C1CC1)C1(CN)CCN(C)C1. The summed E-state index contributed by atoms with van der Waals surface area (Å²) in [6.07, 6.45) is 5.30. The maximum Gasteiger partial charge on any atom is 0.0473 e. The Labute approximate surface area is 93.6 Å². The molecule has 15 heavy (non-hydrogen) atoms. The normalized spacial score (nSPS) is 32.8. The van der Waals surface area contributed by atoms with Crippen LogP contribution in [0.1, 0.15) is 32.6 Å². The Morgan fingerprint density at radius 1 is 1.47 bits per heavy atom. The molecule has 2 fully saturated rings. The van der Waals surface area contributed by atoms with Crippen LogP contribution in [0.15, 0.2) is 0 Å². The molecule has 1 aliphatic carbocycles. The molecule has 1 atom stereocenters. The van der Waals surface area contributed by atoms with E-state index in [1.54, 1.807) is 0 Å². The lowest BCUT2D eigenvalue weighted by Crippen LogP contribution is -2.56. The number of nitrogens with two attached hydrogens (primary N) is 1. The van der Waals surface area contributed by atoms with E-state index < -0.39 is 0 Å². The summed E-state index contributed by atoms with van der Waals surface area (Å²) < 4.78 is 0. The van der Waals surface area contributed by atoms with Gasteiger partial charge in [0, 0.05) is 24.7 Å². The Morgan fingerprint density at radius 3 is 2.60 bits per heavy atom. The molecule has 0 spiro atoms. The van der Waals surface area contributed by atoms with Crippen molar-refractivity contribution in [3.8, 4) is 0 Å². The zero-order valence-corrected chi connectivity index (χ0v) is 10.2. The van der Waals surface area contributed by atoms with E-state index in [-0.39, 0.29) is 0 Å². The first-order chi connectivity index (χ1) is 7.22. The fourth-order valence-corrected chi connectivity index (χ4v) is 3.01. The molecule has 0 bridgehead atoms. The molecule has 1 aliphatic heterocycles. The van der Waals surface area contributed by atoms with Crippen molar-refractivity contribution in [1.29, 1.82) is 0 Å². The van der Waals surface area contributed by atoms with Crippen LogP contribution in [0.25, 0.3) is 0 Å². The number of likely N-dealkylation sites (N-methyl/N-ethyl adjacent to an activating group) is 1. The second-order valence-electron chi connectivity index (χ2n) is 5.34. The highest BCUT2D eigenvalue weighted by atomic mass is 15.3. The van der Waals surface area contributed by atoms with Gasteiger partial charge in [0.15, 0.2) is 0 Å². The van der Waals surface area contributed by atoms with Crippen LogP contribution in [0.4, 0.5) is 0 Å². The zero-order chi connectivity index (χ0) is 10.9. The molecule has 1 saturated carbocycles. The lowest BCUT2D eigenvalue weighted by molar-refractivity contribution is 0.0924. The second-order valence-corrected chi connectivity index (χ2v) is 5.34. The Kier molecular flexibility index (Phi) is 3.33. The van der Waals surface area contributed by atoms with Gasteiger partial charge in [0.25, 0.3) is 0 Å². The molecule has 0 aromatic heterocycles. The van der Waals surface area contributed by atoms with Gasteiger partial charge in [-0.2, -0.15) is 0 Å². The summed E-state index contributed by atoms with van der Waals surface area (Å²) in [5.74, 6) is 0. The van der Waals surface area contributed by atoms with Crippen LogP contribution in [0.3, 0.4) is 0 Å². The van der Waals surface area contributed by atoms with Crippen LogP contribution in [-0.4, -0.2) is 54.6 Å². The van der Waals surface area contributed by atoms with E-state index in [1.165, 1.54) is 45.3 Å². The molecule has 0 radical (unpaired) electrons. The maximum absolute atomic E-state index is 6.06. The number of hydrogen-bond donors (Lipinski definition) is 1. The highest BCUT2D eigenvalue weighted by molar-refractivity contribution is 5.04. The van der Waals surface area contributed by atoms with Crippen molar-refractivity contribution in [3.05, 3.63) is 0 Å². The van der Waals surface area contributed by atoms with Gasteiger partial charge in [-0.1, -0.05) is 6.92 Å². The molecule has 2 rings (SSSR count). The quantitative estimate of drug-likeness (QED) is 0.733. The average Bonchev–Trinajstić information content (AvgIpc) is 2.99. The van der Waals surface area contributed by atoms with Gasteiger partial charge in [0.1, 0.15) is 0 Å². The fraction of sp³-hybridized carbons (Fsp3) is 1.00. The van der Waals surface area contributed by atoms with E-state index in [9.17, 15) is 0 Å². The highest BCUT2D eigenvalue weighted by Gasteiger charge is 2.46. The molecular weight excluding hydrogens is 186 g/mol. The molecule has 3 heteroatoms. The first kappa shape index (κ1) is 11.4. The van der Waals surface area contributed by atoms with Gasteiger partial charge in [-0.05, 0) is 45.8 Å². The average molecular weight is 211 g/mol. The Morgan fingerprint density at radius 2 is 2.20 bits per heavy atom. The van der Waals surface area contributed by atoms with Crippen LogP contribution in [0.2, 0.25) is 0 Å². The smallest absolute Gasteiger partial charge is 0.0473 e. The highest BCUT2D eigenvalue weighted by Crippen LogP contribution is 2.37. The third-order valence-electron chi connectivity index (χ3n) is 3.96. The predicted molar refractivity (Wildman–Crippen MR) is 63.9 cm³/mol. The molecule has 3 nitrogen and oxygen atoms in total. The molecule has 1 unspecified atom stereocenters. The topological polar surface area (TPSA) is 32.5 Å². The molecule has 0 aromatic carbocycles. The van der Waals surface area contributed by atoms with Gasteiger partial charge in [-0.3, -0.25) is 4.90 Å². The monoisotopic (exact) mass is 211 g/mol. The Balaban J connectivity index is 2.07. The van der Waals surface area contributed by atoms with Crippen LogP contribution in [0, 0.1) is 0 Å². The van der Waals surface area contributed by atoms with Crippen LogP contribution in [-0.2, 0) is 0 Å². The van der Waals surface area contributed by atoms with Gasteiger partial charge in [-0.25, -0.2) is 0 Å². The van der Waals surface area contributed by atoms with E-state index >= 15 is 0 Å². The van der Waals surface area contributed by atoms with Crippen molar-refractivity contribution < 1.29 is 0 Å². The van der Waals surface area contributed by atoms with E-state index in [2.05, 4.69) is 23.8 Å². The minimum atomic E-state index is 0.298. The minimum Gasteiger partial charge on any atom is -0.329 e. The van der Waals surface area contributed by atoms with Crippen molar-refractivity contribution in [1.82, 2.24) is 9.80 Å². The summed E-state index contributed by atoms with van der Waals surface area (Å²) in [6, 6.07) is 0.847. The summed E-state index contributed by atoms with van der Waals surface area (Å²) in [6.45, 7) is 6.71. The van der Waals surface area contributed by atoms with Crippen molar-refractivity contribution in [2.24, 2.45) is 5.73 Å². The lowest BCUT2D eigenvalue weighted by atomic mass is 9.95. The minimum absolute atomic E-state index is 0.298. The largest absolute Gasteiger partial charge is 0.329 e. The maximum atomic E-state index is 6.06. The Bertz CT molecular complexity index is 215. The molecule has 2 aliphatic rings. The van der Waals surface area contributed by atoms with Crippen molar-refractivity contribution in [2.75, 3.05) is 33.2 Å². The summed E-state index contributed by atoms with van der Waals surface area (Å²) in [7, 11) is 2.22. The van der Waals surface area contributed by atoms with Crippen molar-refractivity contribution >= 4 is 0 Å². The first-order valence-corrected chi connectivity index (χ1v) is 6.37. The van der Waals surface area contributed by atoms with Crippen molar-refractivity contribution in [2.45, 2.75) is 44.2 Å². The van der Waals surface area contributed by atoms with Crippen LogP contribution >= 0.6 is 0 Å². The first-order valence-electron chi connectivity index (χ1n) is 6.37. The van der Waals surface area contributed by atoms with E-state index in [4.69, 9.17) is 5.73 Å². The lowest BCUT2D eigenvalue weighted by Gasteiger charge is -2.41. The fourth-order valence-electron chi connectivity index (χ4n) is 3.01. The third kappa shape index (κ3) is 2.19. The number of rotatable bonds is 5. The van der Waals surface area contributed by atoms with E-state index in [0.29, 0.717) is 5.54 Å². The second kappa shape index (κ2) is 4.40. The predicted octanol–water partition coefficient (Wildman–Crippen LogP) is 0.894. The summed E-state index contributed by atoms with van der Waals surface area (Å²) in [5.41, 5.74) is 6.36. The number of likely N-dealkylation sites (tertiary alicyclic amines) is 1. The van der Waals surface area contributed by atoms with E-state index in [1.807, 2.05) is 0 Å². The van der Waals surface area contributed by atoms with Gasteiger partial charge < -0.3 is 10.6 Å². The number of nitrogens with zero attached hydrogens (tertiary/aromatic N) is 2. The Hall–Kier alpha value is -0.120.